The fourth-order valence-corrected chi connectivity index (χ4v) is 1.41. The molecule has 0 spiro atoms. The van der Waals surface area contributed by atoms with E-state index in [2.05, 4.69) is 22.2 Å². The van der Waals surface area contributed by atoms with Crippen LogP contribution in [0.15, 0.2) is 18.7 Å². The minimum atomic E-state index is 0.465. The molecule has 1 aromatic heterocycles. The van der Waals surface area contributed by atoms with Gasteiger partial charge in [-0.1, -0.05) is 6.92 Å². The molecule has 10 heavy (non-hydrogen) atoms. The third kappa shape index (κ3) is 1.77. The number of aromatic nitrogens is 2. The molecule has 1 rings (SSSR count). The van der Waals surface area contributed by atoms with Crippen molar-refractivity contribution in [2.45, 2.75) is 19.2 Å². The first-order valence-corrected chi connectivity index (χ1v) is 4.19. The highest BCUT2D eigenvalue weighted by atomic mass is 32.2. The van der Waals surface area contributed by atoms with Crippen molar-refractivity contribution in [2.75, 3.05) is 0 Å². The summed E-state index contributed by atoms with van der Waals surface area (Å²) in [7, 11) is 0. The zero-order valence-electron chi connectivity index (χ0n) is 6.19. The third-order valence-electron chi connectivity index (χ3n) is 1.28. The highest BCUT2D eigenvalue weighted by Gasteiger charge is 2.00. The van der Waals surface area contributed by atoms with Crippen molar-refractivity contribution >= 4 is 11.8 Å². The second-order valence-corrected chi connectivity index (χ2v) is 3.41. The maximum absolute atomic E-state index is 3.96. The van der Waals surface area contributed by atoms with E-state index in [4.69, 9.17) is 0 Å². The van der Waals surface area contributed by atoms with E-state index in [0.29, 0.717) is 5.37 Å². The van der Waals surface area contributed by atoms with Crippen LogP contribution in [0.2, 0.25) is 0 Å². The normalized spacial score (nSPS) is 13.4. The SMILES string of the molecule is C[CH]SC(C)n1ccnc1. The topological polar surface area (TPSA) is 17.8 Å². The monoisotopic (exact) mass is 155 g/mol. The van der Waals surface area contributed by atoms with Gasteiger partial charge >= 0.3 is 0 Å². The van der Waals surface area contributed by atoms with Crippen LogP contribution in [0.3, 0.4) is 0 Å². The van der Waals surface area contributed by atoms with Gasteiger partial charge in [0.15, 0.2) is 0 Å². The fourth-order valence-electron chi connectivity index (χ4n) is 0.752. The summed E-state index contributed by atoms with van der Waals surface area (Å²) in [6, 6.07) is 0. The van der Waals surface area contributed by atoms with Crippen molar-refractivity contribution in [1.29, 1.82) is 0 Å². The maximum atomic E-state index is 3.96. The van der Waals surface area contributed by atoms with Crippen LogP contribution < -0.4 is 0 Å². The molecule has 3 heteroatoms. The Labute approximate surface area is 65.7 Å². The van der Waals surface area contributed by atoms with Crippen LogP contribution in [0.1, 0.15) is 19.2 Å². The summed E-state index contributed by atoms with van der Waals surface area (Å²) in [6.45, 7) is 4.18. The molecule has 0 aliphatic carbocycles. The summed E-state index contributed by atoms with van der Waals surface area (Å²) in [5, 5.41) is 0.465. The van der Waals surface area contributed by atoms with Crippen molar-refractivity contribution in [3.05, 3.63) is 24.5 Å². The van der Waals surface area contributed by atoms with E-state index in [1.807, 2.05) is 19.4 Å². The molecule has 0 N–H and O–H groups in total. The molecule has 0 aliphatic heterocycles. The molecular formula is C7H11N2S. The van der Waals surface area contributed by atoms with Gasteiger partial charge in [0.1, 0.15) is 0 Å². The lowest BCUT2D eigenvalue weighted by Gasteiger charge is -2.09. The average Bonchev–Trinajstić information content (AvgIpc) is 2.38. The van der Waals surface area contributed by atoms with Crippen LogP contribution in [0.25, 0.3) is 0 Å². The molecule has 0 saturated carbocycles. The van der Waals surface area contributed by atoms with Crippen LogP contribution in [-0.4, -0.2) is 9.55 Å². The van der Waals surface area contributed by atoms with Gasteiger partial charge in [-0.2, -0.15) is 0 Å². The Hall–Kier alpha value is -0.440. The van der Waals surface area contributed by atoms with Crippen molar-refractivity contribution in [2.24, 2.45) is 0 Å². The van der Waals surface area contributed by atoms with Gasteiger partial charge in [-0.3, -0.25) is 0 Å². The minimum Gasteiger partial charge on any atom is -0.325 e. The number of thioether (sulfide) groups is 1. The van der Waals surface area contributed by atoms with Gasteiger partial charge in [-0.05, 0) is 6.92 Å². The Kier molecular flexibility index (Phi) is 2.81. The van der Waals surface area contributed by atoms with Gasteiger partial charge in [-0.15, -0.1) is 11.8 Å². The quantitative estimate of drug-likeness (QED) is 0.666. The summed E-state index contributed by atoms with van der Waals surface area (Å²) >= 11 is 1.79. The summed E-state index contributed by atoms with van der Waals surface area (Å²) in [5.41, 5.74) is 0. The molecule has 0 saturated heterocycles. The molecular weight excluding hydrogens is 144 g/mol. The second-order valence-electron chi connectivity index (χ2n) is 1.98. The zero-order valence-corrected chi connectivity index (χ0v) is 7.01. The lowest BCUT2D eigenvalue weighted by atomic mass is 10.7. The molecule has 1 unspecified atom stereocenters. The van der Waals surface area contributed by atoms with E-state index < -0.39 is 0 Å². The van der Waals surface area contributed by atoms with E-state index in [9.17, 15) is 0 Å². The first-order valence-electron chi connectivity index (χ1n) is 3.25. The largest absolute Gasteiger partial charge is 0.325 e. The van der Waals surface area contributed by atoms with E-state index in [0.717, 1.165) is 0 Å². The molecule has 0 amide bonds. The van der Waals surface area contributed by atoms with Gasteiger partial charge in [0, 0.05) is 18.1 Å². The van der Waals surface area contributed by atoms with Gasteiger partial charge in [0.05, 0.1) is 11.7 Å². The number of hydrogen-bond donors (Lipinski definition) is 0. The summed E-state index contributed by atoms with van der Waals surface area (Å²) in [4.78, 5) is 3.96. The Balaban J connectivity index is 2.50. The molecule has 0 fully saturated rings. The number of nitrogens with zero attached hydrogens (tertiary/aromatic N) is 2. The zero-order chi connectivity index (χ0) is 7.40. The van der Waals surface area contributed by atoms with Crippen molar-refractivity contribution in [3.63, 3.8) is 0 Å². The molecule has 1 radical (unpaired) electrons. The van der Waals surface area contributed by atoms with Crippen molar-refractivity contribution in [1.82, 2.24) is 9.55 Å². The van der Waals surface area contributed by atoms with Crippen LogP contribution >= 0.6 is 11.8 Å². The molecule has 1 atom stereocenters. The van der Waals surface area contributed by atoms with E-state index in [1.54, 1.807) is 18.0 Å². The lowest BCUT2D eigenvalue weighted by Crippen LogP contribution is -1.96. The molecule has 0 aromatic carbocycles. The summed E-state index contributed by atoms with van der Waals surface area (Å²) < 4.78 is 2.07. The average molecular weight is 155 g/mol. The third-order valence-corrected chi connectivity index (χ3v) is 2.19. The summed E-state index contributed by atoms with van der Waals surface area (Å²) in [5.74, 6) is 2.09. The molecule has 0 aliphatic rings. The Bertz CT molecular complexity index is 172. The van der Waals surface area contributed by atoms with E-state index >= 15 is 0 Å². The first-order chi connectivity index (χ1) is 4.84. The molecule has 0 bridgehead atoms. The Morgan fingerprint density at radius 1 is 1.70 bits per heavy atom. The molecule has 2 nitrogen and oxygen atoms in total. The fraction of sp³-hybridized carbons (Fsp3) is 0.429. The number of imidazole rings is 1. The highest BCUT2D eigenvalue weighted by molar-refractivity contribution is 8.01. The smallest absolute Gasteiger partial charge is 0.0955 e. The van der Waals surface area contributed by atoms with Gasteiger partial charge in [-0.25, -0.2) is 4.98 Å². The summed E-state index contributed by atoms with van der Waals surface area (Å²) in [6.07, 6.45) is 5.61. The minimum absolute atomic E-state index is 0.465. The standard InChI is InChI=1S/C7H11N2S/c1-3-10-7(2)9-5-4-8-6-9/h3-7H,1-2H3. The predicted octanol–water partition coefficient (Wildman–Crippen LogP) is 2.32. The van der Waals surface area contributed by atoms with Crippen LogP contribution in [0.5, 0.6) is 0 Å². The molecule has 1 aromatic rings. The van der Waals surface area contributed by atoms with Crippen LogP contribution in [0.4, 0.5) is 0 Å². The van der Waals surface area contributed by atoms with Gasteiger partial charge in [0.2, 0.25) is 0 Å². The molecule has 1 heterocycles. The second kappa shape index (κ2) is 3.66. The Morgan fingerprint density at radius 3 is 3.00 bits per heavy atom. The van der Waals surface area contributed by atoms with Gasteiger partial charge < -0.3 is 4.57 Å². The highest BCUT2D eigenvalue weighted by Crippen LogP contribution is 2.22. The maximum Gasteiger partial charge on any atom is 0.0955 e. The first kappa shape index (κ1) is 7.66. The van der Waals surface area contributed by atoms with Crippen molar-refractivity contribution in [3.8, 4) is 0 Å². The predicted molar refractivity (Wildman–Crippen MR) is 44.5 cm³/mol. The van der Waals surface area contributed by atoms with E-state index in [-0.39, 0.29) is 0 Å². The van der Waals surface area contributed by atoms with Crippen LogP contribution in [-0.2, 0) is 0 Å². The lowest BCUT2D eigenvalue weighted by molar-refractivity contribution is 0.740. The number of hydrogen-bond acceptors (Lipinski definition) is 2. The van der Waals surface area contributed by atoms with Crippen LogP contribution in [0, 0.1) is 5.75 Å². The van der Waals surface area contributed by atoms with Gasteiger partial charge in [0.25, 0.3) is 0 Å². The van der Waals surface area contributed by atoms with Crippen molar-refractivity contribution < 1.29 is 0 Å². The Morgan fingerprint density at radius 2 is 2.50 bits per heavy atom. The van der Waals surface area contributed by atoms with E-state index in [1.165, 1.54) is 0 Å². The molecule has 55 valence electrons. The number of rotatable bonds is 3.